The standard InChI is InChI=1S/C18H17NO3/c1-11-5-4-8-19(10-11)15-9-14-16(20)12-6-2-3-7-13(12)17(21)18(14)22-15/h2-3,6-7,9,11H,4-5,8,10H2,1H3. The van der Waals surface area contributed by atoms with E-state index in [9.17, 15) is 9.59 Å². The minimum Gasteiger partial charge on any atom is -0.436 e. The maximum Gasteiger partial charge on any atom is 0.229 e. The fraction of sp³-hybridized carbons (Fsp3) is 0.333. The van der Waals surface area contributed by atoms with E-state index >= 15 is 0 Å². The Morgan fingerprint density at radius 3 is 2.55 bits per heavy atom. The number of fused-ring (bicyclic) bond motifs is 2. The molecular formula is C18H17NO3. The number of hydrogen-bond acceptors (Lipinski definition) is 4. The Morgan fingerprint density at radius 2 is 1.82 bits per heavy atom. The molecule has 0 N–H and O–H groups in total. The van der Waals surface area contributed by atoms with Crippen molar-refractivity contribution in [2.45, 2.75) is 19.8 Å². The normalized spacial score (nSPS) is 20.8. The fourth-order valence-electron chi connectivity index (χ4n) is 3.41. The molecule has 1 unspecified atom stereocenters. The lowest BCUT2D eigenvalue weighted by atomic mass is 9.89. The van der Waals surface area contributed by atoms with Gasteiger partial charge in [0.2, 0.25) is 5.78 Å². The lowest BCUT2D eigenvalue weighted by Crippen LogP contribution is -2.33. The van der Waals surface area contributed by atoms with Crippen molar-refractivity contribution in [3.05, 3.63) is 52.8 Å². The third kappa shape index (κ3) is 1.90. The zero-order chi connectivity index (χ0) is 15.3. The van der Waals surface area contributed by atoms with Crippen molar-refractivity contribution < 1.29 is 14.0 Å². The second kappa shape index (κ2) is 4.83. The number of nitrogens with zero attached hydrogens (tertiary/aromatic N) is 1. The van der Waals surface area contributed by atoms with Crippen LogP contribution in [0.4, 0.5) is 5.88 Å². The van der Waals surface area contributed by atoms with Gasteiger partial charge in [0.15, 0.2) is 17.4 Å². The summed E-state index contributed by atoms with van der Waals surface area (Å²) >= 11 is 0. The molecule has 4 rings (SSSR count). The molecule has 4 heteroatoms. The van der Waals surface area contributed by atoms with E-state index in [1.54, 1.807) is 30.3 Å². The highest BCUT2D eigenvalue weighted by molar-refractivity contribution is 6.27. The number of piperidine rings is 1. The molecule has 1 atom stereocenters. The zero-order valence-electron chi connectivity index (χ0n) is 12.5. The molecule has 1 aliphatic carbocycles. The Balaban J connectivity index is 1.77. The summed E-state index contributed by atoms with van der Waals surface area (Å²) in [5.74, 6) is 1.12. The van der Waals surface area contributed by atoms with Gasteiger partial charge in [0, 0.05) is 30.3 Å². The van der Waals surface area contributed by atoms with E-state index in [1.807, 2.05) is 0 Å². The summed E-state index contributed by atoms with van der Waals surface area (Å²) in [6.07, 6.45) is 2.31. The molecule has 1 aliphatic heterocycles. The van der Waals surface area contributed by atoms with Crippen LogP contribution in [0.15, 0.2) is 34.7 Å². The summed E-state index contributed by atoms with van der Waals surface area (Å²) in [4.78, 5) is 27.3. The van der Waals surface area contributed by atoms with Gasteiger partial charge in [-0.05, 0) is 18.8 Å². The maximum absolute atomic E-state index is 12.6. The molecule has 0 saturated carbocycles. The molecule has 2 aromatic rings. The number of rotatable bonds is 1. The Kier molecular flexibility index (Phi) is 2.93. The van der Waals surface area contributed by atoms with Crippen LogP contribution in [0.1, 0.15) is 51.8 Å². The van der Waals surface area contributed by atoms with Crippen LogP contribution in [0, 0.1) is 5.92 Å². The highest BCUT2D eigenvalue weighted by atomic mass is 16.4. The third-order valence-corrected chi connectivity index (χ3v) is 4.55. The number of carbonyl (C=O) groups excluding carboxylic acids is 2. The van der Waals surface area contributed by atoms with E-state index in [1.165, 1.54) is 6.42 Å². The highest BCUT2D eigenvalue weighted by Gasteiger charge is 2.34. The third-order valence-electron chi connectivity index (χ3n) is 4.55. The summed E-state index contributed by atoms with van der Waals surface area (Å²) in [5.41, 5.74) is 1.31. The number of anilines is 1. The maximum atomic E-state index is 12.6. The molecule has 1 aromatic carbocycles. The summed E-state index contributed by atoms with van der Waals surface area (Å²) < 4.78 is 5.79. The van der Waals surface area contributed by atoms with Crippen LogP contribution in [0.3, 0.4) is 0 Å². The summed E-state index contributed by atoms with van der Waals surface area (Å²) in [5, 5.41) is 0. The molecule has 0 bridgehead atoms. The van der Waals surface area contributed by atoms with Gasteiger partial charge in [-0.15, -0.1) is 0 Å². The van der Waals surface area contributed by atoms with Crippen molar-refractivity contribution in [1.82, 2.24) is 0 Å². The predicted octanol–water partition coefficient (Wildman–Crippen LogP) is 3.29. The molecule has 0 amide bonds. The van der Waals surface area contributed by atoms with Crippen LogP contribution < -0.4 is 4.90 Å². The van der Waals surface area contributed by atoms with Crippen LogP contribution in [0.2, 0.25) is 0 Å². The van der Waals surface area contributed by atoms with Crippen molar-refractivity contribution in [1.29, 1.82) is 0 Å². The van der Waals surface area contributed by atoms with E-state index < -0.39 is 0 Å². The number of benzene rings is 1. The van der Waals surface area contributed by atoms with Crippen LogP contribution in [-0.2, 0) is 0 Å². The average molecular weight is 295 g/mol. The van der Waals surface area contributed by atoms with E-state index in [-0.39, 0.29) is 17.3 Å². The molecule has 2 heterocycles. The summed E-state index contributed by atoms with van der Waals surface area (Å²) in [7, 11) is 0. The van der Waals surface area contributed by atoms with Gasteiger partial charge >= 0.3 is 0 Å². The molecule has 22 heavy (non-hydrogen) atoms. The second-order valence-corrected chi connectivity index (χ2v) is 6.22. The van der Waals surface area contributed by atoms with Crippen LogP contribution in [-0.4, -0.2) is 24.7 Å². The second-order valence-electron chi connectivity index (χ2n) is 6.22. The highest BCUT2D eigenvalue weighted by Crippen LogP contribution is 2.34. The minimum atomic E-state index is -0.193. The molecule has 112 valence electrons. The van der Waals surface area contributed by atoms with Crippen LogP contribution in [0.5, 0.6) is 0 Å². The SMILES string of the molecule is CC1CCCN(c2cc3c(o2)C(=O)c2ccccc2C3=O)C1. The average Bonchev–Trinajstić information content (AvgIpc) is 2.98. The van der Waals surface area contributed by atoms with Crippen molar-refractivity contribution in [2.24, 2.45) is 5.92 Å². The first-order chi connectivity index (χ1) is 10.6. The first-order valence-electron chi connectivity index (χ1n) is 7.72. The molecule has 2 aliphatic rings. The van der Waals surface area contributed by atoms with Gasteiger partial charge in [-0.3, -0.25) is 9.59 Å². The van der Waals surface area contributed by atoms with Crippen molar-refractivity contribution in [2.75, 3.05) is 18.0 Å². The van der Waals surface area contributed by atoms with Crippen molar-refractivity contribution >= 4 is 17.5 Å². The minimum absolute atomic E-state index is 0.120. The van der Waals surface area contributed by atoms with Crippen molar-refractivity contribution in [3.8, 4) is 0 Å². The van der Waals surface area contributed by atoms with Crippen molar-refractivity contribution in [3.63, 3.8) is 0 Å². The van der Waals surface area contributed by atoms with Gasteiger partial charge in [-0.2, -0.15) is 0 Å². The monoisotopic (exact) mass is 295 g/mol. The topological polar surface area (TPSA) is 50.5 Å². The quantitative estimate of drug-likeness (QED) is 0.691. The molecule has 0 spiro atoms. The Hall–Kier alpha value is -2.36. The first kappa shape index (κ1) is 13.3. The van der Waals surface area contributed by atoms with E-state index in [0.29, 0.717) is 28.5 Å². The van der Waals surface area contributed by atoms with E-state index in [4.69, 9.17) is 4.42 Å². The number of furan rings is 1. The van der Waals surface area contributed by atoms with Gasteiger partial charge in [0.1, 0.15) is 0 Å². The molecule has 1 aromatic heterocycles. The molecular weight excluding hydrogens is 278 g/mol. The van der Waals surface area contributed by atoms with Gasteiger partial charge in [0.25, 0.3) is 0 Å². The first-order valence-corrected chi connectivity index (χ1v) is 7.72. The number of ketones is 2. The predicted molar refractivity (Wildman–Crippen MR) is 82.6 cm³/mol. The van der Waals surface area contributed by atoms with Crippen LogP contribution >= 0.6 is 0 Å². The molecule has 1 saturated heterocycles. The summed E-state index contributed by atoms with van der Waals surface area (Å²) in [6, 6.07) is 8.68. The van der Waals surface area contributed by atoms with Gasteiger partial charge in [-0.1, -0.05) is 31.2 Å². The van der Waals surface area contributed by atoms with E-state index in [0.717, 1.165) is 19.5 Å². The van der Waals surface area contributed by atoms with Crippen LogP contribution in [0.25, 0.3) is 0 Å². The molecule has 0 radical (unpaired) electrons. The fourth-order valence-corrected chi connectivity index (χ4v) is 3.41. The van der Waals surface area contributed by atoms with Gasteiger partial charge in [-0.25, -0.2) is 0 Å². The zero-order valence-corrected chi connectivity index (χ0v) is 12.5. The molecule has 4 nitrogen and oxygen atoms in total. The Bertz CT molecular complexity index is 722. The number of hydrogen-bond donors (Lipinski definition) is 0. The number of carbonyl (C=O) groups is 2. The summed E-state index contributed by atoms with van der Waals surface area (Å²) in [6.45, 7) is 4.02. The Morgan fingerprint density at radius 1 is 1.09 bits per heavy atom. The Labute approximate surface area is 128 Å². The molecule has 1 fully saturated rings. The smallest absolute Gasteiger partial charge is 0.229 e. The van der Waals surface area contributed by atoms with E-state index in [2.05, 4.69) is 11.8 Å². The van der Waals surface area contributed by atoms with Gasteiger partial charge in [0.05, 0.1) is 5.56 Å². The lowest BCUT2D eigenvalue weighted by Gasteiger charge is -2.30. The largest absolute Gasteiger partial charge is 0.436 e. The van der Waals surface area contributed by atoms with Gasteiger partial charge < -0.3 is 9.32 Å². The lowest BCUT2D eigenvalue weighted by molar-refractivity contribution is 0.0960.